The third-order valence-corrected chi connectivity index (χ3v) is 7.29. The van der Waals surface area contributed by atoms with Crippen molar-refractivity contribution >= 4 is 21.7 Å². The first-order chi connectivity index (χ1) is 14.5. The number of hydrogen-bond donors (Lipinski definition) is 1. The maximum absolute atomic E-state index is 12.7. The van der Waals surface area contributed by atoms with E-state index in [1.165, 1.54) is 10.4 Å². The number of hydrogen-bond acceptors (Lipinski definition) is 6. The van der Waals surface area contributed by atoms with E-state index in [-0.39, 0.29) is 10.8 Å². The number of carbonyl (C=O) groups is 1. The van der Waals surface area contributed by atoms with Gasteiger partial charge in [-0.25, -0.2) is 13.4 Å². The predicted octanol–water partition coefficient (Wildman–Crippen LogP) is 1.63. The Labute approximate surface area is 176 Å². The van der Waals surface area contributed by atoms with Crippen LogP contribution in [-0.4, -0.2) is 63.0 Å². The Morgan fingerprint density at radius 2 is 1.83 bits per heavy atom. The summed E-state index contributed by atoms with van der Waals surface area (Å²) in [5, 5.41) is 2.84. The smallest absolute Gasteiger partial charge is 0.251 e. The van der Waals surface area contributed by atoms with E-state index in [1.54, 1.807) is 24.4 Å². The van der Waals surface area contributed by atoms with Crippen LogP contribution in [0.5, 0.6) is 0 Å². The van der Waals surface area contributed by atoms with Crippen molar-refractivity contribution in [1.82, 2.24) is 14.6 Å². The number of rotatable bonds is 6. The van der Waals surface area contributed by atoms with Crippen LogP contribution in [0.25, 0.3) is 0 Å². The summed E-state index contributed by atoms with van der Waals surface area (Å²) in [6.07, 6.45) is 3.49. The predicted molar refractivity (Wildman–Crippen MR) is 113 cm³/mol. The lowest BCUT2D eigenvalue weighted by atomic mass is 10.2. The number of nitrogens with one attached hydrogen (secondary N) is 1. The maximum atomic E-state index is 12.7. The topological polar surface area (TPSA) is 91.8 Å². The summed E-state index contributed by atoms with van der Waals surface area (Å²) >= 11 is 0. The van der Waals surface area contributed by atoms with E-state index in [4.69, 9.17) is 4.74 Å². The third kappa shape index (κ3) is 4.63. The average molecular weight is 431 g/mol. The van der Waals surface area contributed by atoms with Crippen molar-refractivity contribution in [3.63, 3.8) is 0 Å². The van der Waals surface area contributed by atoms with E-state index in [0.29, 0.717) is 38.4 Å². The third-order valence-electron chi connectivity index (χ3n) is 5.40. The number of morpholine rings is 1. The molecule has 2 aliphatic rings. The Morgan fingerprint density at radius 1 is 1.07 bits per heavy atom. The number of sulfonamides is 1. The molecule has 2 aromatic rings. The Morgan fingerprint density at radius 3 is 2.53 bits per heavy atom. The van der Waals surface area contributed by atoms with E-state index in [1.807, 2.05) is 12.1 Å². The Balaban J connectivity index is 1.38. The summed E-state index contributed by atoms with van der Waals surface area (Å²) in [6, 6.07) is 10.1. The molecule has 30 heavy (non-hydrogen) atoms. The van der Waals surface area contributed by atoms with Crippen LogP contribution in [0, 0.1) is 0 Å². The zero-order valence-corrected chi connectivity index (χ0v) is 17.6. The van der Waals surface area contributed by atoms with Gasteiger partial charge < -0.3 is 15.0 Å². The highest BCUT2D eigenvalue weighted by molar-refractivity contribution is 7.89. The van der Waals surface area contributed by atoms with Gasteiger partial charge in [0.05, 0.1) is 18.1 Å². The zero-order valence-electron chi connectivity index (χ0n) is 16.8. The fourth-order valence-electron chi connectivity index (χ4n) is 3.66. The fraction of sp³-hybridized carbons (Fsp3) is 0.429. The van der Waals surface area contributed by atoms with Gasteiger partial charge in [-0.2, -0.15) is 4.31 Å². The summed E-state index contributed by atoms with van der Waals surface area (Å²) in [4.78, 5) is 19.4. The van der Waals surface area contributed by atoms with Gasteiger partial charge in [-0.05, 0) is 42.7 Å². The number of aromatic nitrogens is 1. The van der Waals surface area contributed by atoms with Gasteiger partial charge in [0.1, 0.15) is 5.82 Å². The molecule has 0 saturated carbocycles. The van der Waals surface area contributed by atoms with Crippen molar-refractivity contribution in [3.05, 3.63) is 53.7 Å². The molecular formula is C21H26N4O4S. The molecule has 1 amide bonds. The largest absolute Gasteiger partial charge is 0.378 e. The van der Waals surface area contributed by atoms with Gasteiger partial charge in [0.2, 0.25) is 10.0 Å². The first-order valence-electron chi connectivity index (χ1n) is 10.2. The second-order valence-electron chi connectivity index (χ2n) is 7.45. The highest BCUT2D eigenvalue weighted by atomic mass is 32.2. The first kappa shape index (κ1) is 20.8. The number of anilines is 1. The van der Waals surface area contributed by atoms with Crippen LogP contribution < -0.4 is 10.2 Å². The van der Waals surface area contributed by atoms with E-state index in [2.05, 4.69) is 15.2 Å². The zero-order chi connectivity index (χ0) is 21.0. The average Bonchev–Trinajstić information content (AvgIpc) is 3.34. The van der Waals surface area contributed by atoms with Crippen molar-refractivity contribution in [1.29, 1.82) is 0 Å². The molecule has 0 radical (unpaired) electrons. The van der Waals surface area contributed by atoms with E-state index >= 15 is 0 Å². The molecule has 0 aliphatic carbocycles. The fourth-order valence-corrected chi connectivity index (χ4v) is 5.22. The summed E-state index contributed by atoms with van der Waals surface area (Å²) in [5.41, 5.74) is 1.20. The molecule has 0 atom stereocenters. The van der Waals surface area contributed by atoms with Gasteiger partial charge in [-0.3, -0.25) is 4.79 Å². The van der Waals surface area contributed by atoms with Gasteiger partial charge in [0.25, 0.3) is 5.91 Å². The van der Waals surface area contributed by atoms with Crippen LogP contribution >= 0.6 is 0 Å². The second-order valence-corrected chi connectivity index (χ2v) is 9.38. The Kier molecular flexibility index (Phi) is 6.31. The molecule has 4 rings (SSSR count). The lowest BCUT2D eigenvalue weighted by Gasteiger charge is -2.27. The minimum Gasteiger partial charge on any atom is -0.378 e. The highest BCUT2D eigenvalue weighted by Gasteiger charge is 2.27. The molecule has 1 aromatic carbocycles. The Hall–Kier alpha value is -2.49. The molecule has 2 fully saturated rings. The lowest BCUT2D eigenvalue weighted by Crippen LogP contribution is -2.36. The molecule has 0 bridgehead atoms. The van der Waals surface area contributed by atoms with Gasteiger partial charge in [0, 0.05) is 44.5 Å². The quantitative estimate of drug-likeness (QED) is 0.749. The maximum Gasteiger partial charge on any atom is 0.251 e. The number of ether oxygens (including phenoxy) is 1. The molecule has 2 aliphatic heterocycles. The first-order valence-corrected chi connectivity index (χ1v) is 11.6. The molecule has 1 N–H and O–H groups in total. The van der Waals surface area contributed by atoms with E-state index < -0.39 is 10.0 Å². The van der Waals surface area contributed by atoms with Crippen LogP contribution in [0.4, 0.5) is 5.82 Å². The normalized spacial score (nSPS) is 17.8. The standard InChI is InChI=1S/C21H26N4O4S/c26-21(18-4-3-5-19(14-18)30(27,28)25-8-1-2-9-25)23-16-17-6-7-20(22-15-17)24-10-12-29-13-11-24/h3-7,14-15H,1-2,8-13,16H2,(H,23,26). The Bertz CT molecular complexity index is 982. The minimum atomic E-state index is -3.55. The summed E-state index contributed by atoms with van der Waals surface area (Å²) in [7, 11) is -3.55. The molecule has 0 spiro atoms. The summed E-state index contributed by atoms with van der Waals surface area (Å²) in [6.45, 7) is 4.42. The van der Waals surface area contributed by atoms with Crippen LogP contribution in [0.2, 0.25) is 0 Å². The number of pyridine rings is 1. The van der Waals surface area contributed by atoms with Crippen molar-refractivity contribution in [2.75, 3.05) is 44.3 Å². The van der Waals surface area contributed by atoms with Gasteiger partial charge in [-0.15, -0.1) is 0 Å². The van der Waals surface area contributed by atoms with Crippen molar-refractivity contribution in [2.45, 2.75) is 24.3 Å². The van der Waals surface area contributed by atoms with Crippen molar-refractivity contribution in [3.8, 4) is 0 Å². The van der Waals surface area contributed by atoms with Crippen molar-refractivity contribution < 1.29 is 17.9 Å². The monoisotopic (exact) mass is 430 g/mol. The van der Waals surface area contributed by atoms with E-state index in [0.717, 1.165) is 37.3 Å². The molecular weight excluding hydrogens is 404 g/mol. The van der Waals surface area contributed by atoms with Crippen LogP contribution in [0.3, 0.4) is 0 Å². The summed E-state index contributed by atoms with van der Waals surface area (Å²) < 4.78 is 32.3. The number of nitrogens with zero attached hydrogens (tertiary/aromatic N) is 3. The van der Waals surface area contributed by atoms with Crippen LogP contribution in [0.15, 0.2) is 47.5 Å². The molecule has 8 nitrogen and oxygen atoms in total. The minimum absolute atomic E-state index is 0.161. The van der Waals surface area contributed by atoms with Crippen LogP contribution in [0.1, 0.15) is 28.8 Å². The second kappa shape index (κ2) is 9.11. The molecule has 160 valence electrons. The van der Waals surface area contributed by atoms with Gasteiger partial charge >= 0.3 is 0 Å². The molecule has 9 heteroatoms. The van der Waals surface area contributed by atoms with Gasteiger partial charge in [-0.1, -0.05) is 12.1 Å². The molecule has 0 unspecified atom stereocenters. The molecule has 1 aromatic heterocycles. The number of carbonyl (C=O) groups excluding carboxylic acids is 1. The lowest BCUT2D eigenvalue weighted by molar-refractivity contribution is 0.0950. The number of amides is 1. The molecule has 2 saturated heterocycles. The highest BCUT2D eigenvalue weighted by Crippen LogP contribution is 2.21. The van der Waals surface area contributed by atoms with E-state index in [9.17, 15) is 13.2 Å². The van der Waals surface area contributed by atoms with Gasteiger partial charge in [0.15, 0.2) is 0 Å². The SMILES string of the molecule is O=C(NCc1ccc(N2CCOCC2)nc1)c1cccc(S(=O)(=O)N2CCCC2)c1. The summed E-state index contributed by atoms with van der Waals surface area (Å²) in [5.74, 6) is 0.582. The van der Waals surface area contributed by atoms with Crippen LogP contribution in [-0.2, 0) is 21.3 Å². The molecule has 3 heterocycles. The van der Waals surface area contributed by atoms with Crippen molar-refractivity contribution in [2.24, 2.45) is 0 Å². The number of benzene rings is 1.